The van der Waals surface area contributed by atoms with Gasteiger partial charge in [0.1, 0.15) is 4.90 Å². The maximum Gasteiger partial charge on any atom is 0.358 e. The molecule has 0 amide bonds. The van der Waals surface area contributed by atoms with E-state index < -0.39 is 29.6 Å². The van der Waals surface area contributed by atoms with Crippen LogP contribution in [0.25, 0.3) is 0 Å². The number of benzene rings is 1. The number of oxime groups is 1. The van der Waals surface area contributed by atoms with E-state index >= 15 is 0 Å². The molecule has 2 rings (SSSR count). The standard InChI is InChI=1S/C13H10Br2N2O6S/c1-7-5-10(11(14)12(15)13(7)18)16-23-24(21,22)9-4-2-3-8(6-9)17(19)20/h2-6,11-12H,1H3/b16-10-. The molecule has 11 heteroatoms. The van der Waals surface area contributed by atoms with Crippen LogP contribution in [0.4, 0.5) is 5.69 Å². The SMILES string of the molecule is CC1=C/C(=N/OS(=O)(=O)c2cccc([N+](=O)[O-])c2)C(Br)C(Br)C1=O. The Morgan fingerprint density at radius 1 is 1.29 bits per heavy atom. The zero-order valence-electron chi connectivity index (χ0n) is 12.0. The Kier molecular flexibility index (Phi) is 5.56. The van der Waals surface area contributed by atoms with Gasteiger partial charge in [0.05, 0.1) is 20.3 Å². The van der Waals surface area contributed by atoms with Crippen molar-refractivity contribution < 1.29 is 22.4 Å². The van der Waals surface area contributed by atoms with Crippen LogP contribution in [0, 0.1) is 10.1 Å². The Labute approximate surface area is 154 Å². The number of non-ortho nitro benzene ring substituents is 1. The quantitative estimate of drug-likeness (QED) is 0.370. The second kappa shape index (κ2) is 7.11. The van der Waals surface area contributed by atoms with Crippen LogP contribution in [0.1, 0.15) is 6.92 Å². The maximum absolute atomic E-state index is 12.1. The van der Waals surface area contributed by atoms with Gasteiger partial charge >= 0.3 is 10.1 Å². The minimum Gasteiger partial charge on any atom is -0.293 e. The van der Waals surface area contributed by atoms with E-state index in [-0.39, 0.29) is 17.2 Å². The molecule has 24 heavy (non-hydrogen) atoms. The lowest BCUT2D eigenvalue weighted by atomic mass is 9.98. The number of hydrogen-bond donors (Lipinski definition) is 0. The van der Waals surface area contributed by atoms with Crippen LogP contribution >= 0.6 is 31.9 Å². The van der Waals surface area contributed by atoms with Gasteiger partial charge in [-0.15, -0.1) is 0 Å². The normalized spacial score (nSPS) is 23.0. The molecule has 0 fully saturated rings. The molecule has 2 unspecified atom stereocenters. The van der Waals surface area contributed by atoms with E-state index in [9.17, 15) is 23.3 Å². The van der Waals surface area contributed by atoms with Crippen molar-refractivity contribution in [3.05, 3.63) is 46.0 Å². The third-order valence-electron chi connectivity index (χ3n) is 3.10. The predicted octanol–water partition coefficient (Wildman–Crippen LogP) is 2.71. The molecule has 8 nitrogen and oxygen atoms in total. The van der Waals surface area contributed by atoms with Gasteiger partial charge in [0.2, 0.25) is 0 Å². The average molecular weight is 482 g/mol. The number of carbonyl (C=O) groups excluding carboxylic acids is 1. The lowest BCUT2D eigenvalue weighted by molar-refractivity contribution is -0.385. The molecule has 1 aliphatic carbocycles. The van der Waals surface area contributed by atoms with Crippen molar-refractivity contribution >= 4 is 59.2 Å². The molecule has 1 aliphatic rings. The summed E-state index contributed by atoms with van der Waals surface area (Å²) in [5, 5.41) is 14.3. The molecule has 0 saturated heterocycles. The second-order valence-electron chi connectivity index (χ2n) is 4.79. The lowest BCUT2D eigenvalue weighted by Crippen LogP contribution is -2.35. The molecule has 0 heterocycles. The highest BCUT2D eigenvalue weighted by Crippen LogP contribution is 2.26. The Hall–Kier alpha value is -1.59. The molecule has 1 aromatic rings. The van der Waals surface area contributed by atoms with Gasteiger partial charge in [0.15, 0.2) is 5.78 Å². The summed E-state index contributed by atoms with van der Waals surface area (Å²) < 4.78 is 28.9. The molecule has 1 aromatic carbocycles. The molecule has 0 radical (unpaired) electrons. The van der Waals surface area contributed by atoms with Crippen molar-refractivity contribution in [1.82, 2.24) is 0 Å². The van der Waals surface area contributed by atoms with Crippen LogP contribution in [0.2, 0.25) is 0 Å². The van der Waals surface area contributed by atoms with Crippen molar-refractivity contribution in [2.45, 2.75) is 21.5 Å². The van der Waals surface area contributed by atoms with Crippen LogP contribution < -0.4 is 0 Å². The van der Waals surface area contributed by atoms with Crippen LogP contribution in [0.15, 0.2) is 46.0 Å². The summed E-state index contributed by atoms with van der Waals surface area (Å²) in [6.45, 7) is 1.57. The van der Waals surface area contributed by atoms with E-state index in [1.165, 1.54) is 12.1 Å². The van der Waals surface area contributed by atoms with Crippen LogP contribution in [0.3, 0.4) is 0 Å². The van der Waals surface area contributed by atoms with E-state index in [1.807, 2.05) is 0 Å². The van der Waals surface area contributed by atoms with Gasteiger partial charge < -0.3 is 0 Å². The van der Waals surface area contributed by atoms with Gasteiger partial charge in [-0.1, -0.05) is 43.1 Å². The smallest absolute Gasteiger partial charge is 0.293 e. The molecular formula is C13H10Br2N2O6S. The summed E-state index contributed by atoms with van der Waals surface area (Å²) in [4.78, 5) is 20.2. The number of allylic oxidation sites excluding steroid dienone is 2. The first-order valence-electron chi connectivity index (χ1n) is 6.40. The number of hydrogen-bond acceptors (Lipinski definition) is 7. The Balaban J connectivity index is 2.32. The number of nitrogens with zero attached hydrogens (tertiary/aromatic N) is 2. The number of rotatable bonds is 4. The third kappa shape index (κ3) is 3.90. The zero-order chi connectivity index (χ0) is 18.1. The Morgan fingerprint density at radius 2 is 1.96 bits per heavy atom. The lowest BCUT2D eigenvalue weighted by Gasteiger charge is -2.21. The van der Waals surface area contributed by atoms with E-state index in [0.717, 1.165) is 18.2 Å². The largest absolute Gasteiger partial charge is 0.358 e. The van der Waals surface area contributed by atoms with Crippen LogP contribution in [-0.4, -0.2) is 34.5 Å². The molecule has 0 spiro atoms. The molecule has 128 valence electrons. The molecule has 2 atom stereocenters. The molecule has 0 aliphatic heterocycles. The van der Waals surface area contributed by atoms with E-state index in [4.69, 9.17) is 0 Å². The van der Waals surface area contributed by atoms with E-state index in [1.54, 1.807) is 6.92 Å². The first-order valence-corrected chi connectivity index (χ1v) is 9.64. The molecule has 0 aromatic heterocycles. The summed E-state index contributed by atoms with van der Waals surface area (Å²) in [5.74, 6) is -0.155. The van der Waals surface area contributed by atoms with Crippen molar-refractivity contribution in [3.8, 4) is 0 Å². The zero-order valence-corrected chi connectivity index (χ0v) is 16.0. The summed E-state index contributed by atoms with van der Waals surface area (Å²) in [6.07, 6.45) is 1.41. The fourth-order valence-corrected chi connectivity index (χ4v) is 3.71. The first-order chi connectivity index (χ1) is 11.1. The van der Waals surface area contributed by atoms with Gasteiger partial charge in [0, 0.05) is 12.1 Å². The van der Waals surface area contributed by atoms with Gasteiger partial charge in [-0.3, -0.25) is 19.2 Å². The number of carbonyl (C=O) groups is 1. The minimum atomic E-state index is -4.33. The Morgan fingerprint density at radius 3 is 2.58 bits per heavy atom. The topological polar surface area (TPSA) is 116 Å². The number of halogens is 2. The molecule has 0 saturated carbocycles. The average Bonchev–Trinajstić information content (AvgIpc) is 2.55. The van der Waals surface area contributed by atoms with Gasteiger partial charge in [-0.25, -0.2) is 0 Å². The summed E-state index contributed by atoms with van der Waals surface area (Å²) in [7, 11) is -4.33. The molecule has 0 bridgehead atoms. The van der Waals surface area contributed by atoms with Crippen molar-refractivity contribution in [2.75, 3.05) is 0 Å². The first kappa shape index (κ1) is 18.7. The highest BCUT2D eigenvalue weighted by Gasteiger charge is 2.33. The van der Waals surface area contributed by atoms with E-state index in [0.29, 0.717) is 5.57 Å². The number of alkyl halides is 2. The molecular weight excluding hydrogens is 472 g/mol. The van der Waals surface area contributed by atoms with Crippen molar-refractivity contribution in [2.24, 2.45) is 5.16 Å². The highest BCUT2D eigenvalue weighted by molar-refractivity contribution is 9.12. The van der Waals surface area contributed by atoms with Gasteiger partial charge in [0.25, 0.3) is 5.69 Å². The number of nitro benzene ring substituents is 1. The minimum absolute atomic E-state index is 0.155. The van der Waals surface area contributed by atoms with Crippen molar-refractivity contribution in [3.63, 3.8) is 0 Å². The fraction of sp³-hybridized carbons (Fsp3) is 0.231. The predicted molar refractivity (Wildman–Crippen MR) is 93.0 cm³/mol. The number of Topliss-reactive ketones (excluding diaryl/α,β-unsaturated/α-hetero) is 1. The Bertz CT molecular complexity index is 865. The monoisotopic (exact) mass is 480 g/mol. The van der Waals surface area contributed by atoms with Crippen LogP contribution in [-0.2, 0) is 19.2 Å². The highest BCUT2D eigenvalue weighted by atomic mass is 79.9. The fourth-order valence-electron chi connectivity index (χ4n) is 1.84. The number of nitro groups is 1. The van der Waals surface area contributed by atoms with E-state index in [2.05, 4.69) is 41.3 Å². The van der Waals surface area contributed by atoms with Crippen LogP contribution in [0.5, 0.6) is 0 Å². The van der Waals surface area contributed by atoms with Gasteiger partial charge in [-0.05, 0) is 24.6 Å². The summed E-state index contributed by atoms with van der Waals surface area (Å²) in [6, 6.07) is 4.42. The maximum atomic E-state index is 12.1. The summed E-state index contributed by atoms with van der Waals surface area (Å²) in [5.41, 5.74) is 0.205. The molecule has 0 N–H and O–H groups in total. The van der Waals surface area contributed by atoms with Gasteiger partial charge in [-0.2, -0.15) is 8.42 Å². The number of ketones is 1. The third-order valence-corrected chi connectivity index (χ3v) is 6.85. The van der Waals surface area contributed by atoms with Crippen molar-refractivity contribution in [1.29, 1.82) is 0 Å². The summed E-state index contributed by atoms with van der Waals surface area (Å²) >= 11 is 6.43. The second-order valence-corrected chi connectivity index (χ2v) is 8.30.